The molecule has 102 valence electrons. The Balaban J connectivity index is 2.74. The zero-order valence-electron chi connectivity index (χ0n) is 11.7. The molecule has 3 nitrogen and oxygen atoms in total. The Kier molecular flexibility index (Phi) is 6.76. The number of aryl methyl sites for hydroxylation is 1. The van der Waals surface area contributed by atoms with Gasteiger partial charge < -0.3 is 15.2 Å². The molecule has 0 aliphatic rings. The highest BCUT2D eigenvalue weighted by Gasteiger charge is 2.12. The fourth-order valence-corrected chi connectivity index (χ4v) is 2.26. The molecule has 0 aliphatic heterocycles. The van der Waals surface area contributed by atoms with Gasteiger partial charge in [0.1, 0.15) is 5.75 Å². The Bertz CT molecular complexity index is 352. The van der Waals surface area contributed by atoms with Crippen LogP contribution in [-0.2, 0) is 11.2 Å². The van der Waals surface area contributed by atoms with E-state index in [1.807, 2.05) is 6.07 Å². The van der Waals surface area contributed by atoms with Crippen LogP contribution < -0.4 is 10.5 Å². The SMILES string of the molecule is COCC(CCCN)Cc1cc(C)ccc1OC. The van der Waals surface area contributed by atoms with Gasteiger partial charge in [0.15, 0.2) is 0 Å². The number of benzene rings is 1. The molecule has 0 aromatic heterocycles. The Morgan fingerprint density at radius 2 is 2.06 bits per heavy atom. The lowest BCUT2D eigenvalue weighted by atomic mass is 9.94. The minimum absolute atomic E-state index is 0.509. The van der Waals surface area contributed by atoms with Crippen LogP contribution in [0.5, 0.6) is 5.75 Å². The predicted molar refractivity (Wildman–Crippen MR) is 75.1 cm³/mol. The third-order valence-electron chi connectivity index (χ3n) is 3.16. The monoisotopic (exact) mass is 251 g/mol. The molecule has 0 bridgehead atoms. The van der Waals surface area contributed by atoms with Crippen molar-refractivity contribution in [3.63, 3.8) is 0 Å². The summed E-state index contributed by atoms with van der Waals surface area (Å²) in [6.07, 6.45) is 3.13. The van der Waals surface area contributed by atoms with Crippen molar-refractivity contribution in [3.05, 3.63) is 29.3 Å². The molecule has 0 heterocycles. The topological polar surface area (TPSA) is 44.5 Å². The Morgan fingerprint density at radius 3 is 2.67 bits per heavy atom. The molecule has 0 spiro atoms. The van der Waals surface area contributed by atoms with E-state index in [2.05, 4.69) is 19.1 Å². The molecule has 18 heavy (non-hydrogen) atoms. The molecular weight excluding hydrogens is 226 g/mol. The zero-order chi connectivity index (χ0) is 13.4. The standard InChI is InChI=1S/C15H25NO2/c1-12-6-7-15(18-3)14(9-12)10-13(11-17-2)5-4-8-16/h6-7,9,13H,4-5,8,10-11,16H2,1-3H3. The molecule has 0 fully saturated rings. The van der Waals surface area contributed by atoms with Crippen LogP contribution in [0.3, 0.4) is 0 Å². The highest BCUT2D eigenvalue weighted by Crippen LogP contribution is 2.24. The lowest BCUT2D eigenvalue weighted by Gasteiger charge is -2.18. The van der Waals surface area contributed by atoms with Crippen molar-refractivity contribution in [2.45, 2.75) is 26.2 Å². The molecule has 1 rings (SSSR count). The molecule has 1 unspecified atom stereocenters. The van der Waals surface area contributed by atoms with Crippen molar-refractivity contribution < 1.29 is 9.47 Å². The van der Waals surface area contributed by atoms with E-state index in [4.69, 9.17) is 15.2 Å². The normalized spacial score (nSPS) is 12.4. The smallest absolute Gasteiger partial charge is 0.122 e. The number of hydrogen-bond acceptors (Lipinski definition) is 3. The summed E-state index contributed by atoms with van der Waals surface area (Å²) in [5.74, 6) is 1.48. The van der Waals surface area contributed by atoms with Crippen molar-refractivity contribution in [2.75, 3.05) is 27.4 Å². The van der Waals surface area contributed by atoms with Crippen LogP contribution in [-0.4, -0.2) is 27.4 Å². The van der Waals surface area contributed by atoms with Crippen LogP contribution >= 0.6 is 0 Å². The largest absolute Gasteiger partial charge is 0.496 e. The summed E-state index contributed by atoms with van der Waals surface area (Å²) < 4.78 is 10.7. The van der Waals surface area contributed by atoms with Gasteiger partial charge in [0.05, 0.1) is 7.11 Å². The first-order valence-electron chi connectivity index (χ1n) is 6.53. The van der Waals surface area contributed by atoms with Crippen LogP contribution in [0.2, 0.25) is 0 Å². The molecule has 0 radical (unpaired) electrons. The third-order valence-corrected chi connectivity index (χ3v) is 3.16. The van der Waals surface area contributed by atoms with E-state index in [0.717, 1.165) is 38.2 Å². The molecule has 0 aliphatic carbocycles. The Morgan fingerprint density at radius 1 is 1.28 bits per heavy atom. The van der Waals surface area contributed by atoms with Gasteiger partial charge in [-0.25, -0.2) is 0 Å². The van der Waals surface area contributed by atoms with Gasteiger partial charge in [-0.05, 0) is 50.3 Å². The van der Waals surface area contributed by atoms with Crippen molar-refractivity contribution >= 4 is 0 Å². The maximum absolute atomic E-state index is 5.58. The molecule has 0 saturated heterocycles. The number of hydrogen-bond donors (Lipinski definition) is 1. The lowest BCUT2D eigenvalue weighted by molar-refractivity contribution is 0.146. The van der Waals surface area contributed by atoms with Gasteiger partial charge in [0.25, 0.3) is 0 Å². The highest BCUT2D eigenvalue weighted by molar-refractivity contribution is 5.37. The molecule has 2 N–H and O–H groups in total. The highest BCUT2D eigenvalue weighted by atomic mass is 16.5. The molecule has 1 aromatic carbocycles. The second kappa shape index (κ2) is 8.11. The third kappa shape index (κ3) is 4.67. The van der Waals surface area contributed by atoms with Crippen LogP contribution in [0, 0.1) is 12.8 Å². The average molecular weight is 251 g/mol. The molecular formula is C15H25NO2. The first-order valence-corrected chi connectivity index (χ1v) is 6.53. The fourth-order valence-electron chi connectivity index (χ4n) is 2.26. The van der Waals surface area contributed by atoms with Crippen molar-refractivity contribution in [3.8, 4) is 5.75 Å². The molecule has 1 atom stereocenters. The summed E-state index contributed by atoms with van der Waals surface area (Å²) in [7, 11) is 3.47. The van der Waals surface area contributed by atoms with E-state index in [1.54, 1.807) is 14.2 Å². The van der Waals surface area contributed by atoms with Gasteiger partial charge in [-0.3, -0.25) is 0 Å². The summed E-state index contributed by atoms with van der Waals surface area (Å²) in [5, 5.41) is 0. The lowest BCUT2D eigenvalue weighted by Crippen LogP contribution is -2.14. The maximum atomic E-state index is 5.58. The van der Waals surface area contributed by atoms with Crippen LogP contribution in [0.1, 0.15) is 24.0 Å². The minimum Gasteiger partial charge on any atom is -0.496 e. The first-order chi connectivity index (χ1) is 8.71. The van der Waals surface area contributed by atoms with Crippen LogP contribution in [0.25, 0.3) is 0 Å². The molecule has 1 aromatic rings. The summed E-state index contributed by atoms with van der Waals surface area (Å²) in [5.41, 5.74) is 8.11. The summed E-state index contributed by atoms with van der Waals surface area (Å²) in [6.45, 7) is 3.62. The number of rotatable bonds is 8. The molecule has 0 amide bonds. The Labute approximate surface area is 110 Å². The van der Waals surface area contributed by atoms with Gasteiger partial charge in [0, 0.05) is 13.7 Å². The second-order valence-corrected chi connectivity index (χ2v) is 4.77. The van der Waals surface area contributed by atoms with Gasteiger partial charge in [-0.1, -0.05) is 17.7 Å². The van der Waals surface area contributed by atoms with Gasteiger partial charge in [-0.15, -0.1) is 0 Å². The van der Waals surface area contributed by atoms with E-state index in [9.17, 15) is 0 Å². The number of nitrogens with two attached hydrogens (primary N) is 1. The van der Waals surface area contributed by atoms with Gasteiger partial charge in [-0.2, -0.15) is 0 Å². The predicted octanol–water partition coefficient (Wildman–Crippen LogP) is 2.55. The fraction of sp³-hybridized carbons (Fsp3) is 0.600. The average Bonchev–Trinajstić information content (AvgIpc) is 2.36. The zero-order valence-corrected chi connectivity index (χ0v) is 11.7. The second-order valence-electron chi connectivity index (χ2n) is 4.77. The first kappa shape index (κ1) is 15.0. The van der Waals surface area contributed by atoms with E-state index >= 15 is 0 Å². The Hall–Kier alpha value is -1.06. The van der Waals surface area contributed by atoms with Crippen molar-refractivity contribution in [1.29, 1.82) is 0 Å². The summed E-state index contributed by atoms with van der Waals surface area (Å²) >= 11 is 0. The van der Waals surface area contributed by atoms with E-state index in [1.165, 1.54) is 11.1 Å². The number of methoxy groups -OCH3 is 2. The summed E-state index contributed by atoms with van der Waals surface area (Å²) in [4.78, 5) is 0. The van der Waals surface area contributed by atoms with Gasteiger partial charge >= 0.3 is 0 Å². The van der Waals surface area contributed by atoms with E-state index < -0.39 is 0 Å². The van der Waals surface area contributed by atoms with Gasteiger partial charge in [0.2, 0.25) is 0 Å². The molecule has 0 saturated carbocycles. The van der Waals surface area contributed by atoms with Crippen LogP contribution in [0.15, 0.2) is 18.2 Å². The maximum Gasteiger partial charge on any atom is 0.122 e. The van der Waals surface area contributed by atoms with Crippen molar-refractivity contribution in [2.24, 2.45) is 11.7 Å². The van der Waals surface area contributed by atoms with Crippen molar-refractivity contribution in [1.82, 2.24) is 0 Å². The quantitative estimate of drug-likeness (QED) is 0.772. The van der Waals surface area contributed by atoms with Crippen LogP contribution in [0.4, 0.5) is 0 Å². The number of ether oxygens (including phenoxy) is 2. The van der Waals surface area contributed by atoms with E-state index in [-0.39, 0.29) is 0 Å². The van der Waals surface area contributed by atoms with E-state index in [0.29, 0.717) is 5.92 Å². The summed E-state index contributed by atoms with van der Waals surface area (Å²) in [6, 6.07) is 6.31. The molecule has 3 heteroatoms. The minimum atomic E-state index is 0.509.